The van der Waals surface area contributed by atoms with Gasteiger partial charge in [0, 0.05) is 46.2 Å². The van der Waals surface area contributed by atoms with Crippen LogP contribution in [-0.2, 0) is 7.05 Å². The van der Waals surface area contributed by atoms with Gasteiger partial charge < -0.3 is 4.90 Å². The monoisotopic (exact) mass is 324 g/mol. The third kappa shape index (κ3) is 3.29. The number of aryl methyl sites for hydroxylation is 1. The summed E-state index contributed by atoms with van der Waals surface area (Å²) in [6, 6.07) is 4.43. The quantitative estimate of drug-likeness (QED) is 0.807. The van der Waals surface area contributed by atoms with Crippen LogP contribution in [0.5, 0.6) is 0 Å². The highest BCUT2D eigenvalue weighted by molar-refractivity contribution is 5.86. The minimum atomic E-state index is -0.0692. The summed E-state index contributed by atoms with van der Waals surface area (Å²) in [5.74, 6) is 0.856. The van der Waals surface area contributed by atoms with E-state index in [1.54, 1.807) is 11.0 Å². The van der Waals surface area contributed by atoms with Gasteiger partial charge >= 0.3 is 0 Å². The van der Waals surface area contributed by atoms with Gasteiger partial charge in [-0.2, -0.15) is 15.6 Å². The van der Waals surface area contributed by atoms with Gasteiger partial charge in [-0.1, -0.05) is 0 Å². The van der Waals surface area contributed by atoms with Crippen molar-refractivity contribution in [1.82, 2.24) is 24.6 Å². The van der Waals surface area contributed by atoms with Crippen molar-refractivity contribution in [2.75, 3.05) is 37.6 Å². The maximum atomic E-state index is 9.21. The number of anilines is 1. The lowest BCUT2D eigenvalue weighted by atomic mass is 10.0. The smallest absolute Gasteiger partial charge is 0.163 e. The number of hydrogen-bond donors (Lipinski definition) is 0. The highest BCUT2D eigenvalue weighted by atomic mass is 15.3. The SMILES string of the molecule is Cn1ncc2c(N3CCN(CC(C#N)CCC#N)CC3)ncnc21. The minimum absolute atomic E-state index is 0.0692. The first-order valence-electron chi connectivity index (χ1n) is 8.09. The number of nitrogens with zero attached hydrogens (tertiary/aromatic N) is 8. The molecule has 0 saturated carbocycles. The maximum absolute atomic E-state index is 9.21. The van der Waals surface area contributed by atoms with Gasteiger partial charge in [0.2, 0.25) is 0 Å². The molecule has 2 aromatic rings. The van der Waals surface area contributed by atoms with E-state index in [1.807, 2.05) is 13.2 Å². The lowest BCUT2D eigenvalue weighted by Gasteiger charge is -2.36. The fourth-order valence-electron chi connectivity index (χ4n) is 3.09. The molecule has 1 unspecified atom stereocenters. The molecule has 3 heterocycles. The molecule has 0 spiro atoms. The fourth-order valence-corrected chi connectivity index (χ4v) is 3.09. The van der Waals surface area contributed by atoms with Gasteiger partial charge in [-0.15, -0.1) is 0 Å². The van der Waals surface area contributed by atoms with Gasteiger partial charge in [0.25, 0.3) is 0 Å². The molecule has 0 amide bonds. The van der Waals surface area contributed by atoms with Crippen molar-refractivity contribution in [2.24, 2.45) is 13.0 Å². The predicted octanol–water partition coefficient (Wildman–Crippen LogP) is 0.929. The molecule has 0 aromatic carbocycles. The second kappa shape index (κ2) is 7.24. The molecule has 24 heavy (non-hydrogen) atoms. The molecule has 0 aliphatic carbocycles. The van der Waals surface area contributed by atoms with Crippen LogP contribution in [0.2, 0.25) is 0 Å². The molecule has 1 aliphatic heterocycles. The van der Waals surface area contributed by atoms with Crippen LogP contribution in [-0.4, -0.2) is 57.4 Å². The zero-order valence-electron chi connectivity index (χ0n) is 13.8. The molecule has 1 saturated heterocycles. The van der Waals surface area contributed by atoms with Crippen LogP contribution in [0, 0.1) is 28.6 Å². The third-order valence-corrected chi connectivity index (χ3v) is 4.45. The summed E-state index contributed by atoms with van der Waals surface area (Å²) in [7, 11) is 1.88. The Morgan fingerprint density at radius 1 is 1.21 bits per heavy atom. The Morgan fingerprint density at radius 2 is 2.00 bits per heavy atom. The molecular formula is C16H20N8. The summed E-state index contributed by atoms with van der Waals surface area (Å²) >= 11 is 0. The van der Waals surface area contributed by atoms with Crippen LogP contribution >= 0.6 is 0 Å². The molecule has 0 bridgehead atoms. The van der Waals surface area contributed by atoms with Gasteiger partial charge in [0.15, 0.2) is 5.65 Å². The lowest BCUT2D eigenvalue weighted by Crippen LogP contribution is -2.48. The molecule has 0 radical (unpaired) electrons. The number of fused-ring (bicyclic) bond motifs is 1. The number of rotatable bonds is 5. The van der Waals surface area contributed by atoms with Crippen LogP contribution in [0.15, 0.2) is 12.5 Å². The molecular weight excluding hydrogens is 304 g/mol. The Bertz CT molecular complexity index is 775. The zero-order chi connectivity index (χ0) is 16.9. The van der Waals surface area contributed by atoms with Crippen molar-refractivity contribution in [3.05, 3.63) is 12.5 Å². The van der Waals surface area contributed by atoms with Crippen molar-refractivity contribution >= 4 is 16.9 Å². The first-order chi connectivity index (χ1) is 11.7. The average Bonchev–Trinajstić information content (AvgIpc) is 3.00. The van der Waals surface area contributed by atoms with Crippen molar-refractivity contribution in [3.8, 4) is 12.1 Å². The highest BCUT2D eigenvalue weighted by Crippen LogP contribution is 2.23. The summed E-state index contributed by atoms with van der Waals surface area (Å²) in [4.78, 5) is 13.3. The van der Waals surface area contributed by atoms with Crippen LogP contribution in [0.4, 0.5) is 5.82 Å². The number of aromatic nitrogens is 4. The van der Waals surface area contributed by atoms with Gasteiger partial charge in [0.1, 0.15) is 12.1 Å². The second-order valence-corrected chi connectivity index (χ2v) is 6.01. The lowest BCUT2D eigenvalue weighted by molar-refractivity contribution is 0.233. The summed E-state index contributed by atoms with van der Waals surface area (Å²) < 4.78 is 1.75. The summed E-state index contributed by atoms with van der Waals surface area (Å²) in [5, 5.41) is 23.1. The van der Waals surface area contributed by atoms with E-state index in [1.165, 1.54) is 0 Å². The van der Waals surface area contributed by atoms with Crippen LogP contribution < -0.4 is 4.90 Å². The topological polar surface area (TPSA) is 97.7 Å². The average molecular weight is 324 g/mol. The van der Waals surface area contributed by atoms with E-state index in [0.29, 0.717) is 12.8 Å². The fraction of sp³-hybridized carbons (Fsp3) is 0.562. The molecule has 1 fully saturated rings. The molecule has 124 valence electrons. The number of piperazine rings is 1. The normalized spacial score (nSPS) is 16.7. The first kappa shape index (κ1) is 16.2. The third-order valence-electron chi connectivity index (χ3n) is 4.45. The highest BCUT2D eigenvalue weighted by Gasteiger charge is 2.22. The molecule has 2 aromatic heterocycles. The van der Waals surface area contributed by atoms with Gasteiger partial charge in [-0.3, -0.25) is 9.58 Å². The molecule has 0 N–H and O–H groups in total. The summed E-state index contributed by atoms with van der Waals surface area (Å²) in [6.07, 6.45) is 4.48. The van der Waals surface area contributed by atoms with E-state index in [0.717, 1.165) is 49.6 Å². The standard InChI is InChI=1S/C16H20N8/c1-22-15-14(10-21-22)16(20-12-19-15)24-7-5-23(6-8-24)11-13(9-18)3-2-4-17/h10,12-13H,2-3,5-8,11H2,1H3. The minimum Gasteiger partial charge on any atom is -0.353 e. The van der Waals surface area contributed by atoms with E-state index < -0.39 is 0 Å². The van der Waals surface area contributed by atoms with E-state index >= 15 is 0 Å². The predicted molar refractivity (Wildman–Crippen MR) is 88.9 cm³/mol. The van der Waals surface area contributed by atoms with Crippen LogP contribution in [0.3, 0.4) is 0 Å². The molecule has 1 atom stereocenters. The van der Waals surface area contributed by atoms with E-state index in [-0.39, 0.29) is 5.92 Å². The van der Waals surface area contributed by atoms with E-state index in [4.69, 9.17) is 5.26 Å². The number of nitriles is 2. The van der Waals surface area contributed by atoms with E-state index in [2.05, 4.69) is 37.0 Å². The Kier molecular flexibility index (Phi) is 4.88. The van der Waals surface area contributed by atoms with Crippen molar-refractivity contribution in [3.63, 3.8) is 0 Å². The summed E-state index contributed by atoms with van der Waals surface area (Å²) in [6.45, 7) is 4.22. The van der Waals surface area contributed by atoms with Crippen LogP contribution in [0.1, 0.15) is 12.8 Å². The first-order valence-corrected chi connectivity index (χ1v) is 8.09. The van der Waals surface area contributed by atoms with Gasteiger partial charge in [-0.25, -0.2) is 9.97 Å². The molecule has 3 rings (SSSR count). The Labute approximate surface area is 140 Å². The maximum Gasteiger partial charge on any atom is 0.163 e. The van der Waals surface area contributed by atoms with E-state index in [9.17, 15) is 5.26 Å². The van der Waals surface area contributed by atoms with Crippen LogP contribution in [0.25, 0.3) is 11.0 Å². The Hall–Kier alpha value is -2.71. The van der Waals surface area contributed by atoms with Crippen molar-refractivity contribution < 1.29 is 0 Å². The molecule has 8 nitrogen and oxygen atoms in total. The van der Waals surface area contributed by atoms with Gasteiger partial charge in [0.05, 0.1) is 29.6 Å². The summed E-state index contributed by atoms with van der Waals surface area (Å²) in [5.41, 5.74) is 0.837. The van der Waals surface area contributed by atoms with Crippen molar-refractivity contribution in [1.29, 1.82) is 10.5 Å². The van der Waals surface area contributed by atoms with Crippen molar-refractivity contribution in [2.45, 2.75) is 12.8 Å². The Morgan fingerprint density at radius 3 is 2.71 bits per heavy atom. The van der Waals surface area contributed by atoms with Gasteiger partial charge in [-0.05, 0) is 6.42 Å². The molecule has 1 aliphatic rings. The number of hydrogen-bond acceptors (Lipinski definition) is 7. The zero-order valence-corrected chi connectivity index (χ0v) is 13.8. The second-order valence-electron chi connectivity index (χ2n) is 6.01. The largest absolute Gasteiger partial charge is 0.353 e. The molecule has 8 heteroatoms. The Balaban J connectivity index is 1.63.